The number of nitro groups is 1. The molecule has 0 aliphatic carbocycles. The maximum Gasteiger partial charge on any atom is 0.415 e. The molecule has 0 atom stereocenters. The van der Waals surface area contributed by atoms with E-state index in [1.165, 1.54) is 7.11 Å². The number of nitro benzene ring substituents is 1. The van der Waals surface area contributed by atoms with E-state index in [4.69, 9.17) is 4.74 Å². The van der Waals surface area contributed by atoms with Gasteiger partial charge in [-0.25, -0.2) is 9.18 Å². The van der Waals surface area contributed by atoms with E-state index in [1.54, 1.807) is 20.8 Å². The van der Waals surface area contributed by atoms with Crippen molar-refractivity contribution in [3.63, 3.8) is 0 Å². The summed E-state index contributed by atoms with van der Waals surface area (Å²) in [6.07, 6.45) is -1.09. The topological polar surface area (TPSA) is 99.0 Å². The lowest BCUT2D eigenvalue weighted by molar-refractivity contribution is -0.384. The van der Waals surface area contributed by atoms with Gasteiger partial charge in [-0.3, -0.25) is 19.8 Å². The van der Waals surface area contributed by atoms with Gasteiger partial charge in [-0.1, -0.05) is 0 Å². The second-order valence-corrected chi connectivity index (χ2v) is 5.85. The van der Waals surface area contributed by atoms with Gasteiger partial charge in [0.2, 0.25) is 0 Å². The number of esters is 1. The fourth-order valence-corrected chi connectivity index (χ4v) is 1.80. The SMILES string of the molecule is COC(=O)CCN(C(=O)OC(C)(C)C)c1ccc(F)cc1[N+](=O)[O-]. The van der Waals surface area contributed by atoms with Crippen LogP contribution >= 0.6 is 0 Å². The van der Waals surface area contributed by atoms with Crippen molar-refractivity contribution in [2.75, 3.05) is 18.6 Å². The molecule has 0 saturated heterocycles. The predicted octanol–water partition coefficient (Wildman–Crippen LogP) is 3.04. The Balaban J connectivity index is 3.24. The molecule has 0 fully saturated rings. The summed E-state index contributed by atoms with van der Waals surface area (Å²) < 4.78 is 23.0. The molecule has 0 saturated carbocycles. The predicted molar refractivity (Wildman–Crippen MR) is 83.3 cm³/mol. The van der Waals surface area contributed by atoms with Crippen LogP contribution in [0.3, 0.4) is 0 Å². The lowest BCUT2D eigenvalue weighted by atomic mass is 10.2. The zero-order valence-electron chi connectivity index (χ0n) is 13.9. The van der Waals surface area contributed by atoms with Crippen LogP contribution in [0.1, 0.15) is 27.2 Å². The Morgan fingerprint density at radius 3 is 2.46 bits per heavy atom. The highest BCUT2D eigenvalue weighted by Gasteiger charge is 2.29. The smallest absolute Gasteiger partial charge is 0.415 e. The number of halogens is 1. The zero-order valence-corrected chi connectivity index (χ0v) is 13.9. The molecule has 24 heavy (non-hydrogen) atoms. The third-order valence-electron chi connectivity index (χ3n) is 2.81. The molecule has 0 bridgehead atoms. The monoisotopic (exact) mass is 342 g/mol. The molecule has 132 valence electrons. The average Bonchev–Trinajstić information content (AvgIpc) is 2.46. The van der Waals surface area contributed by atoms with E-state index in [1.807, 2.05) is 0 Å². The van der Waals surface area contributed by atoms with Gasteiger partial charge in [0.25, 0.3) is 5.69 Å². The maximum absolute atomic E-state index is 13.3. The van der Waals surface area contributed by atoms with Crippen LogP contribution in [0.25, 0.3) is 0 Å². The van der Waals surface area contributed by atoms with Gasteiger partial charge in [0.05, 0.1) is 24.5 Å². The first-order chi connectivity index (χ1) is 11.0. The van der Waals surface area contributed by atoms with Crippen molar-refractivity contribution in [2.45, 2.75) is 32.8 Å². The van der Waals surface area contributed by atoms with Crippen molar-refractivity contribution in [2.24, 2.45) is 0 Å². The Morgan fingerprint density at radius 2 is 1.96 bits per heavy atom. The van der Waals surface area contributed by atoms with E-state index < -0.39 is 34.1 Å². The molecular formula is C15H19FN2O6. The van der Waals surface area contributed by atoms with E-state index in [2.05, 4.69) is 4.74 Å². The quantitative estimate of drug-likeness (QED) is 0.463. The molecule has 1 aromatic carbocycles. The Bertz CT molecular complexity index is 641. The number of ether oxygens (including phenoxy) is 2. The van der Waals surface area contributed by atoms with Crippen molar-refractivity contribution < 1.29 is 28.4 Å². The van der Waals surface area contributed by atoms with Crippen LogP contribution in [-0.4, -0.2) is 36.2 Å². The van der Waals surface area contributed by atoms with Gasteiger partial charge >= 0.3 is 12.1 Å². The van der Waals surface area contributed by atoms with Crippen LogP contribution in [0.5, 0.6) is 0 Å². The van der Waals surface area contributed by atoms with Crippen LogP contribution in [0.15, 0.2) is 18.2 Å². The van der Waals surface area contributed by atoms with Crippen molar-refractivity contribution in [3.8, 4) is 0 Å². The molecule has 1 aromatic rings. The summed E-state index contributed by atoms with van der Waals surface area (Å²) in [6.45, 7) is 4.67. The minimum absolute atomic E-state index is 0.167. The van der Waals surface area contributed by atoms with Crippen molar-refractivity contribution in [1.82, 2.24) is 0 Å². The molecule has 8 nitrogen and oxygen atoms in total. The summed E-state index contributed by atoms with van der Waals surface area (Å²) in [5, 5.41) is 11.1. The zero-order chi connectivity index (χ0) is 18.5. The average molecular weight is 342 g/mol. The van der Waals surface area contributed by atoms with Crippen molar-refractivity contribution in [1.29, 1.82) is 0 Å². The first-order valence-electron chi connectivity index (χ1n) is 7.06. The van der Waals surface area contributed by atoms with Crippen LogP contribution < -0.4 is 4.90 Å². The molecule has 1 rings (SSSR count). The first-order valence-corrected chi connectivity index (χ1v) is 7.06. The Labute approximate surface area is 138 Å². The van der Waals surface area contributed by atoms with Gasteiger partial charge < -0.3 is 9.47 Å². The highest BCUT2D eigenvalue weighted by molar-refractivity contribution is 5.91. The van der Waals surface area contributed by atoms with Gasteiger partial charge in [0.1, 0.15) is 17.1 Å². The number of benzene rings is 1. The third-order valence-corrected chi connectivity index (χ3v) is 2.81. The maximum atomic E-state index is 13.3. The van der Waals surface area contributed by atoms with Crippen LogP contribution in [-0.2, 0) is 14.3 Å². The van der Waals surface area contributed by atoms with Gasteiger partial charge in [-0.15, -0.1) is 0 Å². The molecule has 0 heterocycles. The molecule has 9 heteroatoms. The van der Waals surface area contributed by atoms with E-state index in [-0.39, 0.29) is 18.7 Å². The van der Waals surface area contributed by atoms with Gasteiger partial charge in [0, 0.05) is 6.54 Å². The highest BCUT2D eigenvalue weighted by Crippen LogP contribution is 2.30. The second-order valence-electron chi connectivity index (χ2n) is 5.85. The van der Waals surface area contributed by atoms with Crippen molar-refractivity contribution >= 4 is 23.4 Å². The molecule has 0 unspecified atom stereocenters. The van der Waals surface area contributed by atoms with Gasteiger partial charge in [-0.05, 0) is 32.9 Å². The number of hydrogen-bond donors (Lipinski definition) is 0. The standard InChI is InChI=1S/C15H19FN2O6/c1-15(2,3)24-14(20)17(8-7-13(19)23-4)11-6-5-10(16)9-12(11)18(21)22/h5-6,9H,7-8H2,1-4H3. The number of carbonyl (C=O) groups excluding carboxylic acids is 2. The fraction of sp³-hybridized carbons (Fsp3) is 0.467. The largest absolute Gasteiger partial charge is 0.469 e. The molecule has 0 spiro atoms. The number of hydrogen-bond acceptors (Lipinski definition) is 6. The van der Waals surface area contributed by atoms with E-state index >= 15 is 0 Å². The fourth-order valence-electron chi connectivity index (χ4n) is 1.80. The highest BCUT2D eigenvalue weighted by atomic mass is 19.1. The van der Waals surface area contributed by atoms with Gasteiger partial charge in [0.15, 0.2) is 0 Å². The summed E-state index contributed by atoms with van der Waals surface area (Å²) >= 11 is 0. The molecule has 0 aliphatic heterocycles. The molecule has 0 N–H and O–H groups in total. The number of anilines is 1. The summed E-state index contributed by atoms with van der Waals surface area (Å²) in [5.41, 5.74) is -1.62. The summed E-state index contributed by atoms with van der Waals surface area (Å²) in [5.74, 6) is -1.42. The summed E-state index contributed by atoms with van der Waals surface area (Å²) in [4.78, 5) is 34.9. The molecule has 0 radical (unpaired) electrons. The normalized spacial score (nSPS) is 10.9. The lowest BCUT2D eigenvalue weighted by Gasteiger charge is -2.27. The summed E-state index contributed by atoms with van der Waals surface area (Å²) in [7, 11) is 1.18. The van der Waals surface area contributed by atoms with Crippen LogP contribution in [0.2, 0.25) is 0 Å². The third kappa shape index (κ3) is 5.49. The Kier molecular flexibility index (Phi) is 6.21. The van der Waals surface area contributed by atoms with Crippen molar-refractivity contribution in [3.05, 3.63) is 34.1 Å². The van der Waals surface area contributed by atoms with E-state index in [0.717, 1.165) is 17.0 Å². The van der Waals surface area contributed by atoms with E-state index in [0.29, 0.717) is 6.07 Å². The minimum Gasteiger partial charge on any atom is -0.469 e. The first kappa shape index (κ1) is 19.3. The Morgan fingerprint density at radius 1 is 1.33 bits per heavy atom. The summed E-state index contributed by atoms with van der Waals surface area (Å²) in [6, 6.07) is 2.78. The second kappa shape index (κ2) is 7.71. The van der Waals surface area contributed by atoms with Gasteiger partial charge in [-0.2, -0.15) is 0 Å². The molecule has 0 aromatic heterocycles. The number of amides is 1. The number of nitrogens with zero attached hydrogens (tertiary/aromatic N) is 2. The Hall–Kier alpha value is -2.71. The van der Waals surface area contributed by atoms with Crippen LogP contribution in [0, 0.1) is 15.9 Å². The van der Waals surface area contributed by atoms with Crippen LogP contribution in [0.4, 0.5) is 20.6 Å². The number of carbonyl (C=O) groups is 2. The van der Waals surface area contributed by atoms with E-state index in [9.17, 15) is 24.1 Å². The lowest BCUT2D eigenvalue weighted by Crippen LogP contribution is -2.38. The number of methoxy groups -OCH3 is 1. The molecular weight excluding hydrogens is 323 g/mol. The number of rotatable bonds is 5. The minimum atomic E-state index is -0.888. The molecule has 1 amide bonds. The molecule has 0 aliphatic rings.